The van der Waals surface area contributed by atoms with E-state index in [-0.39, 0.29) is 12.5 Å². The van der Waals surface area contributed by atoms with E-state index in [0.29, 0.717) is 0 Å². The summed E-state index contributed by atoms with van der Waals surface area (Å²) in [6.45, 7) is -0.138. The lowest BCUT2D eigenvalue weighted by atomic mass is 10.3. The van der Waals surface area contributed by atoms with Crippen molar-refractivity contribution in [2.24, 2.45) is 0 Å². The molecule has 1 aromatic carbocycles. The van der Waals surface area contributed by atoms with Gasteiger partial charge in [0.2, 0.25) is 12.3 Å². The minimum Gasteiger partial charge on any atom is -0.395 e. The molecule has 1 aromatic heterocycles. The molecule has 0 unspecified atom stereocenters. The maximum atomic E-state index is 11.8. The Morgan fingerprint density at radius 2 is 2.12 bits per heavy atom. The second-order valence-electron chi connectivity index (χ2n) is 3.45. The summed E-state index contributed by atoms with van der Waals surface area (Å²) in [6, 6.07) is 9.15. The van der Waals surface area contributed by atoms with Crippen LogP contribution >= 0.6 is 0 Å². The van der Waals surface area contributed by atoms with Crippen molar-refractivity contribution < 1.29 is 9.21 Å². The molecule has 0 fully saturated rings. The Morgan fingerprint density at radius 1 is 1.41 bits per heavy atom. The third kappa shape index (κ3) is 2.41. The number of aromatic nitrogens is 2. The molecule has 0 aliphatic carbocycles. The maximum Gasteiger partial charge on any atom is 0.437 e. The number of hydrogen-bond acceptors (Lipinski definition) is 4. The van der Waals surface area contributed by atoms with Crippen molar-refractivity contribution >= 4 is 11.6 Å². The van der Waals surface area contributed by atoms with Crippen LogP contribution in [0.5, 0.6) is 0 Å². The molecule has 17 heavy (non-hydrogen) atoms. The number of carbonyl (C=O) groups is 1. The van der Waals surface area contributed by atoms with E-state index in [0.717, 1.165) is 16.8 Å². The van der Waals surface area contributed by atoms with Gasteiger partial charge in [-0.2, -0.15) is 4.68 Å². The van der Waals surface area contributed by atoms with Crippen LogP contribution in [0.4, 0.5) is 5.69 Å². The zero-order chi connectivity index (χ0) is 12.3. The van der Waals surface area contributed by atoms with Crippen molar-refractivity contribution in [1.82, 2.24) is 9.78 Å². The maximum absolute atomic E-state index is 11.8. The molecule has 0 aliphatic rings. The van der Waals surface area contributed by atoms with Crippen molar-refractivity contribution in [3.63, 3.8) is 0 Å². The minimum atomic E-state index is -0.639. The number of hydrogen-bond donors (Lipinski definition) is 0. The number of carbonyl (C=O) groups excluding carboxylic acids is 1. The normalized spacial score (nSPS) is 10.2. The first-order valence-corrected chi connectivity index (χ1v) is 5.00. The summed E-state index contributed by atoms with van der Waals surface area (Å²) in [6.07, 6.45) is 1.01. The Bertz CT molecular complexity index is 559. The Labute approximate surface area is 97.1 Å². The second-order valence-corrected chi connectivity index (χ2v) is 3.45. The van der Waals surface area contributed by atoms with E-state index in [1.807, 2.05) is 30.3 Å². The molecule has 2 rings (SSSR count). The van der Waals surface area contributed by atoms with Crippen molar-refractivity contribution in [2.45, 2.75) is 6.54 Å². The molecule has 0 N–H and O–H groups in total. The monoisotopic (exact) mass is 233 g/mol. The molecule has 0 bridgehead atoms. The van der Waals surface area contributed by atoms with E-state index in [9.17, 15) is 9.59 Å². The number of rotatable bonds is 3. The van der Waals surface area contributed by atoms with Crippen LogP contribution in [0.2, 0.25) is 0 Å². The largest absolute Gasteiger partial charge is 0.437 e. The van der Waals surface area contributed by atoms with Gasteiger partial charge in [0.15, 0.2) is 0 Å². The molecule has 0 saturated heterocycles. The summed E-state index contributed by atoms with van der Waals surface area (Å²) < 4.78 is 5.45. The van der Waals surface area contributed by atoms with Gasteiger partial charge in [0.25, 0.3) is 0 Å². The number of nitrogens with zero attached hydrogens (tertiary/aromatic N) is 3. The lowest BCUT2D eigenvalue weighted by Crippen LogP contribution is -2.33. The van der Waals surface area contributed by atoms with Crippen LogP contribution in [0.1, 0.15) is 0 Å². The fourth-order valence-electron chi connectivity index (χ4n) is 1.37. The van der Waals surface area contributed by atoms with Crippen LogP contribution in [0.25, 0.3) is 0 Å². The average Bonchev–Trinajstić information content (AvgIpc) is 2.75. The van der Waals surface area contributed by atoms with Crippen molar-refractivity contribution in [1.29, 1.82) is 0 Å². The Kier molecular flexibility index (Phi) is 3.04. The van der Waals surface area contributed by atoms with Gasteiger partial charge in [0.05, 0.1) is 0 Å². The van der Waals surface area contributed by atoms with Gasteiger partial charge in [-0.15, -0.1) is 5.10 Å². The third-order valence-electron chi connectivity index (χ3n) is 2.35. The van der Waals surface area contributed by atoms with E-state index in [1.165, 1.54) is 4.90 Å². The summed E-state index contributed by atoms with van der Waals surface area (Å²) in [4.78, 5) is 24.4. The highest BCUT2D eigenvalue weighted by Crippen LogP contribution is 2.11. The van der Waals surface area contributed by atoms with Gasteiger partial charge in [-0.05, 0) is 12.1 Å². The first kappa shape index (κ1) is 11.1. The summed E-state index contributed by atoms with van der Waals surface area (Å²) in [5.74, 6) is -0.882. The van der Waals surface area contributed by atoms with Crippen LogP contribution < -0.4 is 10.7 Å². The molecular formula is C11H11N3O3. The van der Waals surface area contributed by atoms with E-state index in [1.54, 1.807) is 7.05 Å². The van der Waals surface area contributed by atoms with Gasteiger partial charge in [0.1, 0.15) is 6.54 Å². The van der Waals surface area contributed by atoms with Crippen molar-refractivity contribution in [3.8, 4) is 0 Å². The Morgan fingerprint density at radius 3 is 2.71 bits per heavy atom. The Hall–Kier alpha value is -2.37. The SMILES string of the molecule is CN(C(=O)Cn1ncoc1=O)c1ccccc1. The minimum absolute atomic E-state index is 0.138. The predicted molar refractivity (Wildman–Crippen MR) is 60.6 cm³/mol. The number of amides is 1. The fraction of sp³-hybridized carbons (Fsp3) is 0.182. The molecule has 6 heteroatoms. The van der Waals surface area contributed by atoms with Crippen LogP contribution in [-0.4, -0.2) is 22.7 Å². The van der Waals surface area contributed by atoms with E-state index in [4.69, 9.17) is 0 Å². The molecular weight excluding hydrogens is 222 g/mol. The molecule has 0 saturated carbocycles. The van der Waals surface area contributed by atoms with Gasteiger partial charge in [0, 0.05) is 12.7 Å². The van der Waals surface area contributed by atoms with E-state index < -0.39 is 5.76 Å². The van der Waals surface area contributed by atoms with Crippen molar-refractivity contribution in [2.75, 3.05) is 11.9 Å². The molecule has 0 atom stereocenters. The van der Waals surface area contributed by atoms with E-state index in [2.05, 4.69) is 9.52 Å². The first-order chi connectivity index (χ1) is 8.18. The molecule has 88 valence electrons. The molecule has 0 radical (unpaired) electrons. The lowest BCUT2D eigenvalue weighted by molar-refractivity contribution is -0.119. The summed E-state index contributed by atoms with van der Waals surface area (Å²) in [7, 11) is 1.64. The summed E-state index contributed by atoms with van der Waals surface area (Å²) in [5, 5.41) is 3.62. The number of para-hydroxylation sites is 1. The van der Waals surface area contributed by atoms with Gasteiger partial charge in [-0.3, -0.25) is 4.79 Å². The zero-order valence-electron chi connectivity index (χ0n) is 9.24. The fourth-order valence-corrected chi connectivity index (χ4v) is 1.37. The van der Waals surface area contributed by atoms with Crippen LogP contribution in [-0.2, 0) is 11.3 Å². The van der Waals surface area contributed by atoms with Crippen LogP contribution in [0.3, 0.4) is 0 Å². The van der Waals surface area contributed by atoms with Crippen LogP contribution in [0.15, 0.2) is 45.9 Å². The highest BCUT2D eigenvalue weighted by Gasteiger charge is 2.13. The number of likely N-dealkylation sites (N-methyl/N-ethyl adjacent to an activating group) is 1. The zero-order valence-corrected chi connectivity index (χ0v) is 9.24. The Balaban J connectivity index is 2.11. The van der Waals surface area contributed by atoms with Gasteiger partial charge < -0.3 is 9.32 Å². The van der Waals surface area contributed by atoms with Gasteiger partial charge in [-0.1, -0.05) is 18.2 Å². The molecule has 2 aromatic rings. The van der Waals surface area contributed by atoms with Gasteiger partial charge in [-0.25, -0.2) is 4.79 Å². The number of benzene rings is 1. The average molecular weight is 233 g/mol. The van der Waals surface area contributed by atoms with Crippen molar-refractivity contribution in [3.05, 3.63) is 47.3 Å². The molecule has 1 heterocycles. The summed E-state index contributed by atoms with van der Waals surface area (Å²) in [5.41, 5.74) is 0.758. The standard InChI is InChI=1S/C11H11N3O3/c1-13(9-5-3-2-4-6-9)10(15)7-14-11(16)17-8-12-14/h2-6,8H,7H2,1H3. The highest BCUT2D eigenvalue weighted by molar-refractivity contribution is 5.92. The third-order valence-corrected chi connectivity index (χ3v) is 2.35. The quantitative estimate of drug-likeness (QED) is 0.774. The molecule has 0 spiro atoms. The van der Waals surface area contributed by atoms with E-state index >= 15 is 0 Å². The summed E-state index contributed by atoms with van der Waals surface area (Å²) >= 11 is 0. The highest BCUT2D eigenvalue weighted by atomic mass is 16.4. The smallest absolute Gasteiger partial charge is 0.395 e. The molecule has 6 nitrogen and oxygen atoms in total. The van der Waals surface area contributed by atoms with Crippen LogP contribution in [0, 0.1) is 0 Å². The molecule has 1 amide bonds. The topological polar surface area (TPSA) is 68.3 Å². The molecule has 0 aliphatic heterocycles. The van der Waals surface area contributed by atoms with Gasteiger partial charge >= 0.3 is 5.76 Å². The second kappa shape index (κ2) is 4.65. The lowest BCUT2D eigenvalue weighted by Gasteiger charge is -2.16. The number of anilines is 1. The predicted octanol–water partition coefficient (Wildman–Crippen LogP) is 0.499. The first-order valence-electron chi connectivity index (χ1n) is 5.00.